The van der Waals surface area contributed by atoms with Crippen LogP contribution < -0.4 is 10.6 Å². The zero-order valence-corrected chi connectivity index (χ0v) is 29.6. The molecule has 0 aliphatic carbocycles. The van der Waals surface area contributed by atoms with Crippen molar-refractivity contribution in [2.75, 3.05) is 0 Å². The fraction of sp³-hybridized carbons (Fsp3) is 0.200. The number of nitrogens with one attached hydrogen (secondary N) is 2. The van der Waals surface area contributed by atoms with Crippen molar-refractivity contribution in [1.82, 2.24) is 20.2 Å². The Morgan fingerprint density at radius 2 is 1.11 bits per heavy atom. The first-order valence-corrected chi connectivity index (χ1v) is 18.0. The Kier molecular flexibility index (Phi) is 12.2. The maximum absolute atomic E-state index is 13.6. The summed E-state index contributed by atoms with van der Waals surface area (Å²) in [5.41, 5.74) is 5.21. The van der Waals surface area contributed by atoms with Gasteiger partial charge >= 0.3 is 5.97 Å². The number of benzene rings is 5. The van der Waals surface area contributed by atoms with Gasteiger partial charge in [0.25, 0.3) is 0 Å². The Balaban J connectivity index is 1.16. The van der Waals surface area contributed by atoms with Gasteiger partial charge in [-0.25, -0.2) is 9.78 Å². The summed E-state index contributed by atoms with van der Waals surface area (Å²) in [5, 5.41) is 15.7. The largest absolute Gasteiger partial charge is 0.480 e. The molecule has 8 nitrogen and oxygen atoms in total. The van der Waals surface area contributed by atoms with Crippen LogP contribution in [0.5, 0.6) is 0 Å². The van der Waals surface area contributed by atoms with Gasteiger partial charge in [-0.3, -0.25) is 9.59 Å². The molecule has 0 aliphatic heterocycles. The number of rotatable bonds is 17. The average molecular weight is 705 g/mol. The lowest BCUT2D eigenvalue weighted by atomic mass is 9.77. The molecule has 2 atom stereocenters. The minimum atomic E-state index is -1.14. The predicted octanol–water partition coefficient (Wildman–Crippen LogP) is 6.98. The number of carbonyl (C=O) groups excluding carboxylic acids is 2. The highest BCUT2D eigenvalue weighted by atomic mass is 16.4. The third-order valence-electron chi connectivity index (χ3n) is 9.56. The predicted molar refractivity (Wildman–Crippen MR) is 206 cm³/mol. The van der Waals surface area contributed by atoms with Crippen molar-refractivity contribution in [1.29, 1.82) is 0 Å². The van der Waals surface area contributed by atoms with Gasteiger partial charge in [0.1, 0.15) is 17.6 Å². The van der Waals surface area contributed by atoms with E-state index in [1.54, 1.807) is 0 Å². The molecule has 0 saturated heterocycles. The van der Waals surface area contributed by atoms with Gasteiger partial charge in [0.15, 0.2) is 0 Å². The average Bonchev–Trinajstić information content (AvgIpc) is 3.67. The summed E-state index contributed by atoms with van der Waals surface area (Å²) in [7, 11) is 0. The molecule has 1 heterocycles. The highest BCUT2D eigenvalue weighted by molar-refractivity contribution is 5.90. The van der Waals surface area contributed by atoms with Crippen LogP contribution in [0.1, 0.15) is 52.8 Å². The summed E-state index contributed by atoms with van der Waals surface area (Å²) >= 11 is 0. The van der Waals surface area contributed by atoms with Crippen molar-refractivity contribution in [2.45, 2.75) is 56.1 Å². The highest BCUT2D eigenvalue weighted by Gasteiger charge is 2.38. The quantitative estimate of drug-likeness (QED) is 0.0888. The topological polar surface area (TPSA) is 113 Å². The number of carbonyl (C=O) groups is 3. The van der Waals surface area contributed by atoms with Crippen LogP contribution in [0.25, 0.3) is 0 Å². The summed E-state index contributed by atoms with van der Waals surface area (Å²) in [5.74, 6) is -1.93. The van der Waals surface area contributed by atoms with E-state index in [0.717, 1.165) is 33.5 Å². The molecule has 5 aromatic carbocycles. The zero-order valence-electron chi connectivity index (χ0n) is 29.6. The van der Waals surface area contributed by atoms with Gasteiger partial charge in [-0.15, -0.1) is 0 Å². The number of carboxylic acids is 1. The van der Waals surface area contributed by atoms with Gasteiger partial charge in [-0.1, -0.05) is 152 Å². The van der Waals surface area contributed by atoms with Crippen LogP contribution >= 0.6 is 0 Å². The summed E-state index contributed by atoms with van der Waals surface area (Å²) in [6, 6.07) is 47.9. The molecule has 268 valence electrons. The van der Waals surface area contributed by atoms with E-state index in [0.29, 0.717) is 19.3 Å². The van der Waals surface area contributed by atoms with E-state index in [1.165, 1.54) is 0 Å². The van der Waals surface area contributed by atoms with Gasteiger partial charge in [-0.2, -0.15) is 0 Å². The number of aliphatic carboxylic acids is 1. The maximum Gasteiger partial charge on any atom is 0.326 e. The van der Waals surface area contributed by atoms with Crippen molar-refractivity contribution in [3.8, 4) is 0 Å². The van der Waals surface area contributed by atoms with Crippen LogP contribution in [-0.4, -0.2) is 44.5 Å². The zero-order chi connectivity index (χ0) is 36.9. The molecule has 0 fully saturated rings. The van der Waals surface area contributed by atoms with Gasteiger partial charge < -0.3 is 20.3 Å². The first kappa shape index (κ1) is 36.5. The molecule has 53 heavy (non-hydrogen) atoms. The molecule has 6 rings (SSSR count). The molecule has 2 amide bonds. The van der Waals surface area contributed by atoms with Crippen molar-refractivity contribution < 1.29 is 19.5 Å². The maximum atomic E-state index is 13.6. The lowest BCUT2D eigenvalue weighted by Crippen LogP contribution is -2.52. The second-order valence-corrected chi connectivity index (χ2v) is 13.2. The molecule has 0 bridgehead atoms. The number of hydrogen-bond acceptors (Lipinski definition) is 4. The molecule has 0 unspecified atom stereocenters. The number of aromatic nitrogens is 2. The molecule has 0 saturated carbocycles. The number of amides is 2. The smallest absolute Gasteiger partial charge is 0.326 e. The van der Waals surface area contributed by atoms with Crippen molar-refractivity contribution >= 4 is 17.8 Å². The summed E-state index contributed by atoms with van der Waals surface area (Å²) in [4.78, 5) is 43.8. The van der Waals surface area contributed by atoms with E-state index < -0.39 is 29.5 Å². The standard InChI is InChI=1S/C45H44N4O4/c50-42(30-29-34-17-6-1-7-18-34)47-41(31-35-19-8-2-9-20-35)43(51)48-40(44(52)53)28-16-27-39-32-49(33-46-39)45(36-21-10-3-11-22-36,37-23-12-4-13-24-37)38-25-14-5-15-26-38/h1-15,17-26,32-33,40-41H,16,27-31H2,(H,47,50)(H,48,51)(H,52,53)/t40-,41+/m0/s1. The SMILES string of the molecule is O=C(CCc1ccccc1)N[C@H](Cc1ccccc1)C(=O)N[C@@H](CCCc1cn(C(c2ccccc2)(c2ccccc2)c2ccccc2)cn1)C(=O)O. The number of hydrogen-bond donors (Lipinski definition) is 3. The fourth-order valence-corrected chi connectivity index (χ4v) is 6.91. The Hall–Kier alpha value is -6.28. The van der Waals surface area contributed by atoms with E-state index in [1.807, 2.05) is 128 Å². The van der Waals surface area contributed by atoms with Gasteiger partial charge in [0.05, 0.1) is 12.0 Å². The van der Waals surface area contributed by atoms with Gasteiger partial charge in [0.2, 0.25) is 11.8 Å². The molecule has 0 aliphatic rings. The van der Waals surface area contributed by atoms with E-state index in [-0.39, 0.29) is 25.2 Å². The Morgan fingerprint density at radius 3 is 1.62 bits per heavy atom. The third-order valence-corrected chi connectivity index (χ3v) is 9.56. The fourth-order valence-electron chi connectivity index (χ4n) is 6.91. The Labute approximate surface area is 310 Å². The number of carboxylic acid groups (broad SMARTS) is 1. The minimum Gasteiger partial charge on any atom is -0.480 e. The molecular formula is C45H44N4O4. The molecule has 8 heteroatoms. The second kappa shape index (κ2) is 17.8. The van der Waals surface area contributed by atoms with E-state index in [4.69, 9.17) is 4.98 Å². The van der Waals surface area contributed by atoms with Crippen LogP contribution in [0.4, 0.5) is 0 Å². The lowest BCUT2D eigenvalue weighted by molar-refractivity contribution is -0.142. The van der Waals surface area contributed by atoms with Gasteiger partial charge in [0, 0.05) is 19.0 Å². The van der Waals surface area contributed by atoms with E-state index in [2.05, 4.69) is 51.6 Å². The minimum absolute atomic E-state index is 0.190. The summed E-state index contributed by atoms with van der Waals surface area (Å²) < 4.78 is 2.13. The summed E-state index contributed by atoms with van der Waals surface area (Å²) in [6.45, 7) is 0. The monoisotopic (exact) mass is 704 g/mol. The Bertz CT molecular complexity index is 1960. The number of nitrogens with zero attached hydrogens (tertiary/aromatic N) is 2. The van der Waals surface area contributed by atoms with E-state index in [9.17, 15) is 19.5 Å². The van der Waals surface area contributed by atoms with Crippen LogP contribution in [-0.2, 0) is 39.2 Å². The lowest BCUT2D eigenvalue weighted by Gasteiger charge is -2.37. The summed E-state index contributed by atoms with van der Waals surface area (Å²) in [6.07, 6.45) is 6.01. The second-order valence-electron chi connectivity index (χ2n) is 13.2. The highest BCUT2D eigenvalue weighted by Crippen LogP contribution is 2.40. The van der Waals surface area contributed by atoms with Gasteiger partial charge in [-0.05, 0) is 53.5 Å². The molecule has 0 radical (unpaired) electrons. The Morgan fingerprint density at radius 1 is 0.623 bits per heavy atom. The van der Waals surface area contributed by atoms with Crippen LogP contribution in [0, 0.1) is 0 Å². The number of aryl methyl sites for hydroxylation is 2. The molecule has 1 aromatic heterocycles. The van der Waals surface area contributed by atoms with Crippen molar-refractivity contribution in [3.63, 3.8) is 0 Å². The normalized spacial score (nSPS) is 12.4. The van der Waals surface area contributed by atoms with Crippen molar-refractivity contribution in [2.24, 2.45) is 0 Å². The molecular weight excluding hydrogens is 661 g/mol. The first-order valence-electron chi connectivity index (χ1n) is 18.0. The van der Waals surface area contributed by atoms with Crippen LogP contribution in [0.2, 0.25) is 0 Å². The van der Waals surface area contributed by atoms with Crippen LogP contribution in [0.15, 0.2) is 164 Å². The number of imidazole rings is 1. The van der Waals surface area contributed by atoms with Crippen molar-refractivity contribution in [3.05, 3.63) is 198 Å². The molecule has 3 N–H and O–H groups in total. The van der Waals surface area contributed by atoms with Crippen LogP contribution in [0.3, 0.4) is 0 Å². The first-order chi connectivity index (χ1) is 25.9. The third kappa shape index (κ3) is 9.15. The molecule has 6 aromatic rings. The molecule has 0 spiro atoms. The van der Waals surface area contributed by atoms with E-state index >= 15 is 0 Å².